The topological polar surface area (TPSA) is 88.6 Å². The summed E-state index contributed by atoms with van der Waals surface area (Å²) in [6.45, 7) is 1.01. The summed E-state index contributed by atoms with van der Waals surface area (Å²) in [5, 5.41) is 6.28. The van der Waals surface area contributed by atoms with Gasteiger partial charge in [0.2, 0.25) is 0 Å². The summed E-state index contributed by atoms with van der Waals surface area (Å²) in [5.74, 6) is -0.239. The number of nitrogens with zero attached hydrogens (tertiary/aromatic N) is 6. The highest BCUT2D eigenvalue weighted by molar-refractivity contribution is 6.07. The molecule has 5 rings (SSSR count). The van der Waals surface area contributed by atoms with Gasteiger partial charge < -0.3 is 9.13 Å². The molecule has 0 aliphatic heterocycles. The molecule has 2 heterocycles. The van der Waals surface area contributed by atoms with Crippen molar-refractivity contribution in [3.63, 3.8) is 0 Å². The van der Waals surface area contributed by atoms with Crippen LogP contribution in [0.1, 0.15) is 24.5 Å². The summed E-state index contributed by atoms with van der Waals surface area (Å²) in [4.78, 5) is 20.7. The molecule has 0 fully saturated rings. The first kappa shape index (κ1) is 20.8. The highest BCUT2D eigenvalue weighted by Crippen LogP contribution is 2.30. The zero-order valence-corrected chi connectivity index (χ0v) is 18.4. The summed E-state index contributed by atoms with van der Waals surface area (Å²) >= 11 is 0. The van der Waals surface area contributed by atoms with Gasteiger partial charge in [-0.05, 0) is 42.6 Å². The van der Waals surface area contributed by atoms with E-state index < -0.39 is 0 Å². The van der Waals surface area contributed by atoms with Crippen molar-refractivity contribution in [3.05, 3.63) is 99.3 Å². The van der Waals surface area contributed by atoms with E-state index in [9.17, 15) is 4.79 Å². The van der Waals surface area contributed by atoms with Gasteiger partial charge in [0.05, 0.1) is 11.0 Å². The van der Waals surface area contributed by atoms with Gasteiger partial charge >= 0.3 is 0 Å². The van der Waals surface area contributed by atoms with Crippen LogP contribution in [0.2, 0.25) is 0 Å². The normalized spacial score (nSPS) is 12.3. The lowest BCUT2D eigenvalue weighted by molar-refractivity contribution is 0.541. The molecule has 0 unspecified atom stereocenters. The number of hydrogen-bond acceptors (Lipinski definition) is 3. The molecular formula is C26H24N6O. The van der Waals surface area contributed by atoms with Gasteiger partial charge in [0.25, 0.3) is 5.56 Å². The van der Waals surface area contributed by atoms with Crippen molar-refractivity contribution >= 4 is 32.8 Å². The molecule has 0 saturated heterocycles. The number of para-hydroxylation sites is 4. The van der Waals surface area contributed by atoms with E-state index in [2.05, 4.69) is 68.1 Å². The minimum Gasteiger partial charge on any atom is -0.340 e. The molecule has 164 valence electrons. The van der Waals surface area contributed by atoms with Crippen LogP contribution in [-0.2, 0) is 13.6 Å². The molecule has 0 N–H and O–H groups in total. The Morgan fingerprint density at radius 1 is 0.939 bits per heavy atom. The number of hydrogen-bond donors (Lipinski definition) is 0. The van der Waals surface area contributed by atoms with Gasteiger partial charge in [-0.1, -0.05) is 53.6 Å². The largest absolute Gasteiger partial charge is 0.340 e. The third-order valence-electron chi connectivity index (χ3n) is 6.37. The monoisotopic (exact) mass is 436 g/mol. The minimum absolute atomic E-state index is 0.135. The molecule has 33 heavy (non-hydrogen) atoms. The van der Waals surface area contributed by atoms with Crippen LogP contribution in [0.4, 0.5) is 0 Å². The SMILES string of the molecule is Cn1c(=O)c([C@H](CCCn2c3ccccc3c3ccccc32)CN=[N+]=[N-])nc2ccccc21. The lowest BCUT2D eigenvalue weighted by atomic mass is 9.99. The molecule has 0 bridgehead atoms. The van der Waals surface area contributed by atoms with E-state index in [0.29, 0.717) is 12.1 Å². The Morgan fingerprint density at radius 2 is 1.55 bits per heavy atom. The predicted octanol–water partition coefficient (Wildman–Crippen LogP) is 5.92. The molecule has 1 atom stereocenters. The van der Waals surface area contributed by atoms with Crippen LogP contribution < -0.4 is 5.56 Å². The number of aromatic nitrogens is 3. The van der Waals surface area contributed by atoms with Gasteiger partial charge in [0.1, 0.15) is 5.69 Å². The van der Waals surface area contributed by atoms with Crippen LogP contribution in [0.5, 0.6) is 0 Å². The Hall–Kier alpha value is -4.09. The fourth-order valence-corrected chi connectivity index (χ4v) is 4.76. The Morgan fingerprint density at radius 3 is 2.21 bits per heavy atom. The highest BCUT2D eigenvalue weighted by Gasteiger charge is 2.19. The Bertz CT molecular complexity index is 1520. The molecular weight excluding hydrogens is 412 g/mol. The van der Waals surface area contributed by atoms with Crippen molar-refractivity contribution in [1.82, 2.24) is 14.1 Å². The maximum atomic E-state index is 13.1. The summed E-state index contributed by atoms with van der Waals surface area (Å²) in [6.07, 6.45) is 1.52. The van der Waals surface area contributed by atoms with Crippen LogP contribution in [0, 0.1) is 0 Å². The van der Waals surface area contributed by atoms with Crippen LogP contribution in [0.3, 0.4) is 0 Å². The molecule has 7 nitrogen and oxygen atoms in total. The van der Waals surface area contributed by atoms with Crippen LogP contribution >= 0.6 is 0 Å². The van der Waals surface area contributed by atoms with Gasteiger partial charge in [-0.25, -0.2) is 4.98 Å². The van der Waals surface area contributed by atoms with Crippen molar-refractivity contribution in [2.45, 2.75) is 25.3 Å². The second kappa shape index (κ2) is 8.81. The number of benzene rings is 3. The van der Waals surface area contributed by atoms with Crippen molar-refractivity contribution < 1.29 is 0 Å². The van der Waals surface area contributed by atoms with E-state index in [1.165, 1.54) is 21.8 Å². The summed E-state index contributed by atoms with van der Waals surface area (Å²) < 4.78 is 3.97. The van der Waals surface area contributed by atoms with Crippen LogP contribution in [-0.4, -0.2) is 20.7 Å². The van der Waals surface area contributed by atoms with Crippen molar-refractivity contribution in [2.75, 3.05) is 6.54 Å². The summed E-state index contributed by atoms with van der Waals surface area (Å²) in [7, 11) is 1.76. The maximum absolute atomic E-state index is 13.1. The van der Waals surface area contributed by atoms with Gasteiger partial charge in [-0.2, -0.15) is 0 Å². The third-order valence-corrected chi connectivity index (χ3v) is 6.37. The maximum Gasteiger partial charge on any atom is 0.272 e. The van der Waals surface area contributed by atoms with E-state index in [1.54, 1.807) is 11.6 Å². The zero-order chi connectivity index (χ0) is 22.8. The molecule has 0 saturated carbocycles. The smallest absolute Gasteiger partial charge is 0.272 e. The molecule has 0 aliphatic carbocycles. The van der Waals surface area contributed by atoms with Gasteiger partial charge in [-0.15, -0.1) is 0 Å². The molecule has 0 spiro atoms. The summed E-state index contributed by atoms with van der Waals surface area (Å²) in [6, 6.07) is 24.4. The van der Waals surface area contributed by atoms with Crippen molar-refractivity contribution in [3.8, 4) is 0 Å². The van der Waals surface area contributed by atoms with Gasteiger partial charge in [0, 0.05) is 52.8 Å². The first-order valence-electron chi connectivity index (χ1n) is 11.1. The molecule has 2 aromatic heterocycles. The van der Waals surface area contributed by atoms with Gasteiger partial charge in [0.15, 0.2) is 0 Å². The third kappa shape index (κ3) is 3.73. The lowest BCUT2D eigenvalue weighted by Gasteiger charge is -2.16. The first-order valence-corrected chi connectivity index (χ1v) is 11.1. The molecule has 0 aliphatic rings. The van der Waals surface area contributed by atoms with E-state index in [0.717, 1.165) is 24.0 Å². The van der Waals surface area contributed by atoms with Crippen LogP contribution in [0.15, 0.2) is 82.7 Å². The quantitative estimate of drug-likeness (QED) is 0.180. The summed E-state index contributed by atoms with van der Waals surface area (Å²) in [5.41, 5.74) is 13.2. The van der Waals surface area contributed by atoms with E-state index in [4.69, 9.17) is 5.53 Å². The molecule has 5 aromatic rings. The van der Waals surface area contributed by atoms with Crippen LogP contribution in [0.25, 0.3) is 43.3 Å². The fraction of sp³-hybridized carbons (Fsp3) is 0.231. The number of azide groups is 1. The van der Waals surface area contributed by atoms with Gasteiger partial charge in [-0.3, -0.25) is 4.79 Å². The standard InChI is InChI=1S/C26H24N6O/c1-31-24-15-7-4-12-21(24)29-25(26(31)33)18(17-28-30-27)9-8-16-32-22-13-5-2-10-19(22)20-11-3-6-14-23(20)32/h2-7,10-15,18H,8-9,16-17H2,1H3/t18-/m1/s1. The fourth-order valence-electron chi connectivity index (χ4n) is 4.76. The molecule has 3 aromatic carbocycles. The van der Waals surface area contributed by atoms with E-state index >= 15 is 0 Å². The van der Waals surface area contributed by atoms with Crippen molar-refractivity contribution in [1.29, 1.82) is 0 Å². The highest BCUT2D eigenvalue weighted by atomic mass is 16.1. The Kier molecular flexibility index (Phi) is 5.55. The second-order valence-corrected chi connectivity index (χ2v) is 8.29. The van der Waals surface area contributed by atoms with E-state index in [1.807, 2.05) is 24.3 Å². The average Bonchev–Trinajstić information content (AvgIpc) is 3.17. The first-order chi connectivity index (χ1) is 16.2. The predicted molar refractivity (Wildman–Crippen MR) is 132 cm³/mol. The Labute approximate surface area is 190 Å². The zero-order valence-electron chi connectivity index (χ0n) is 18.4. The number of rotatable bonds is 7. The lowest BCUT2D eigenvalue weighted by Crippen LogP contribution is -2.26. The second-order valence-electron chi connectivity index (χ2n) is 8.29. The minimum atomic E-state index is -0.239. The van der Waals surface area contributed by atoms with Crippen molar-refractivity contribution in [2.24, 2.45) is 12.2 Å². The average molecular weight is 437 g/mol. The number of fused-ring (bicyclic) bond motifs is 4. The van der Waals surface area contributed by atoms with E-state index in [-0.39, 0.29) is 18.0 Å². The Balaban J connectivity index is 1.47. The number of aryl methyl sites for hydroxylation is 2. The molecule has 0 amide bonds. The molecule has 7 heteroatoms. The molecule has 0 radical (unpaired) electrons.